The second kappa shape index (κ2) is 11.3. The van der Waals surface area contributed by atoms with Gasteiger partial charge in [0.05, 0.1) is 47.1 Å². The van der Waals surface area contributed by atoms with Crippen molar-refractivity contribution in [2.45, 2.75) is 19.9 Å². The Bertz CT molecular complexity index is 1880. The molecular formula is C29H25N3O8S. The number of ether oxygens (including phenoxy) is 3. The number of nitrogens with zero attached hydrogens (tertiary/aromatic N) is 3. The minimum absolute atomic E-state index is 0.115. The van der Waals surface area contributed by atoms with Crippen molar-refractivity contribution in [1.82, 2.24) is 4.57 Å². The minimum Gasteiger partial charge on any atom is -0.496 e. The van der Waals surface area contributed by atoms with Crippen LogP contribution in [0.1, 0.15) is 31.2 Å². The van der Waals surface area contributed by atoms with Crippen LogP contribution in [0.15, 0.2) is 80.1 Å². The molecule has 2 aromatic heterocycles. The Morgan fingerprint density at radius 3 is 2.61 bits per heavy atom. The highest BCUT2D eigenvalue weighted by Gasteiger charge is 2.35. The van der Waals surface area contributed by atoms with Crippen molar-refractivity contribution in [2.24, 2.45) is 4.99 Å². The van der Waals surface area contributed by atoms with Crippen molar-refractivity contribution in [2.75, 3.05) is 20.8 Å². The maximum atomic E-state index is 13.9. The van der Waals surface area contributed by atoms with Gasteiger partial charge >= 0.3 is 5.97 Å². The van der Waals surface area contributed by atoms with Gasteiger partial charge in [-0.15, -0.1) is 0 Å². The standard InChI is InChI=1S/C29H25N3O8S/c1-5-39-28(34)25-16(2)30-29-31(26(25)19-8-6-7-9-21(19)37-3)27(33)24(41-29)15-18-11-13-23(40-18)20-14-17(32(35)36)10-12-22(20)38-4/h6-15,26H,5H2,1-4H3/b24-15-. The van der Waals surface area contributed by atoms with Gasteiger partial charge in [0.2, 0.25) is 0 Å². The summed E-state index contributed by atoms with van der Waals surface area (Å²) < 4.78 is 24.0. The molecule has 0 radical (unpaired) electrons. The molecule has 5 rings (SSSR count). The van der Waals surface area contributed by atoms with Gasteiger partial charge in [-0.2, -0.15) is 0 Å². The predicted molar refractivity (Wildman–Crippen MR) is 151 cm³/mol. The van der Waals surface area contributed by atoms with Crippen LogP contribution >= 0.6 is 11.3 Å². The van der Waals surface area contributed by atoms with E-state index in [1.807, 2.05) is 0 Å². The number of furan rings is 1. The fourth-order valence-corrected chi connectivity index (χ4v) is 5.71. The van der Waals surface area contributed by atoms with Crippen LogP contribution < -0.4 is 24.4 Å². The summed E-state index contributed by atoms with van der Waals surface area (Å²) in [6.45, 7) is 3.58. The number of rotatable bonds is 8. The number of para-hydroxylation sites is 1. The van der Waals surface area contributed by atoms with E-state index in [4.69, 9.17) is 18.6 Å². The molecule has 0 bridgehead atoms. The summed E-state index contributed by atoms with van der Waals surface area (Å²) in [5, 5.41) is 11.3. The molecule has 0 spiro atoms. The van der Waals surface area contributed by atoms with E-state index in [0.29, 0.717) is 49.2 Å². The zero-order valence-electron chi connectivity index (χ0n) is 22.6. The van der Waals surface area contributed by atoms with Crippen molar-refractivity contribution < 1.29 is 28.3 Å². The summed E-state index contributed by atoms with van der Waals surface area (Å²) in [5.41, 5.74) is 1.19. The third-order valence-corrected chi connectivity index (χ3v) is 7.49. The average molecular weight is 576 g/mol. The SMILES string of the molecule is CCOC(=O)C1=C(C)N=c2s/c(=C\c3ccc(-c4cc([N+](=O)[O-])ccc4OC)o3)c(=O)n2C1c1ccccc1OC. The average Bonchev–Trinajstić information content (AvgIpc) is 3.56. The van der Waals surface area contributed by atoms with Crippen LogP contribution in [-0.2, 0) is 9.53 Å². The molecule has 12 heteroatoms. The highest BCUT2D eigenvalue weighted by atomic mass is 32.1. The third kappa shape index (κ3) is 5.05. The van der Waals surface area contributed by atoms with Gasteiger partial charge in [0.15, 0.2) is 4.80 Å². The first-order valence-electron chi connectivity index (χ1n) is 12.5. The van der Waals surface area contributed by atoms with Gasteiger partial charge in [-0.05, 0) is 38.1 Å². The summed E-state index contributed by atoms with van der Waals surface area (Å²) in [6.07, 6.45) is 1.57. The number of nitro groups is 1. The number of esters is 1. The smallest absolute Gasteiger partial charge is 0.338 e. The Balaban J connectivity index is 1.65. The molecule has 0 aliphatic carbocycles. The first kappa shape index (κ1) is 27.6. The first-order chi connectivity index (χ1) is 19.8. The number of aromatic nitrogens is 1. The predicted octanol–water partition coefficient (Wildman–Crippen LogP) is 3.98. The van der Waals surface area contributed by atoms with Gasteiger partial charge in [-0.3, -0.25) is 19.5 Å². The van der Waals surface area contributed by atoms with Gasteiger partial charge < -0.3 is 18.6 Å². The van der Waals surface area contributed by atoms with E-state index in [1.165, 1.54) is 37.0 Å². The van der Waals surface area contributed by atoms with E-state index in [2.05, 4.69) is 4.99 Å². The molecule has 1 aliphatic rings. The number of benzene rings is 2. The van der Waals surface area contributed by atoms with E-state index in [9.17, 15) is 19.7 Å². The maximum absolute atomic E-state index is 13.9. The van der Waals surface area contributed by atoms with E-state index in [-0.39, 0.29) is 23.4 Å². The summed E-state index contributed by atoms with van der Waals surface area (Å²) in [4.78, 5) is 42.7. The minimum atomic E-state index is -0.829. The molecule has 1 aliphatic heterocycles. The number of non-ortho nitro benzene ring substituents is 1. The highest BCUT2D eigenvalue weighted by molar-refractivity contribution is 7.07. The second-order valence-corrected chi connectivity index (χ2v) is 9.90. The number of carbonyl (C=O) groups is 1. The number of thiazole rings is 1. The number of hydrogen-bond acceptors (Lipinski definition) is 10. The Morgan fingerprint density at radius 2 is 1.90 bits per heavy atom. The van der Waals surface area contributed by atoms with E-state index >= 15 is 0 Å². The summed E-state index contributed by atoms with van der Waals surface area (Å²) in [7, 11) is 2.98. The van der Waals surface area contributed by atoms with Gasteiger partial charge in [0.1, 0.15) is 29.1 Å². The quantitative estimate of drug-likeness (QED) is 0.175. The summed E-state index contributed by atoms with van der Waals surface area (Å²) in [5.74, 6) is 1.01. The largest absolute Gasteiger partial charge is 0.496 e. The number of nitro benzene ring substituents is 1. The Labute approximate surface area is 237 Å². The number of allylic oxidation sites excluding steroid dienone is 1. The Morgan fingerprint density at radius 1 is 1.15 bits per heavy atom. The molecule has 0 saturated heterocycles. The van der Waals surface area contributed by atoms with Gasteiger partial charge in [0.25, 0.3) is 11.2 Å². The van der Waals surface area contributed by atoms with Crippen molar-refractivity contribution in [3.63, 3.8) is 0 Å². The third-order valence-electron chi connectivity index (χ3n) is 6.51. The van der Waals surface area contributed by atoms with Crippen molar-refractivity contribution in [3.05, 3.63) is 107 Å². The number of fused-ring (bicyclic) bond motifs is 1. The lowest BCUT2D eigenvalue weighted by Crippen LogP contribution is -2.40. The highest BCUT2D eigenvalue weighted by Crippen LogP contribution is 2.36. The van der Waals surface area contributed by atoms with Crippen LogP contribution in [0.25, 0.3) is 17.4 Å². The molecule has 2 aromatic carbocycles. The number of carbonyl (C=O) groups excluding carboxylic acids is 1. The molecule has 3 heterocycles. The van der Waals surface area contributed by atoms with E-state index in [0.717, 1.165) is 11.3 Å². The second-order valence-electron chi connectivity index (χ2n) is 8.89. The van der Waals surface area contributed by atoms with E-state index in [1.54, 1.807) is 56.3 Å². The van der Waals surface area contributed by atoms with Crippen molar-refractivity contribution in [3.8, 4) is 22.8 Å². The number of methoxy groups -OCH3 is 2. The summed E-state index contributed by atoms with van der Waals surface area (Å²) in [6, 6.07) is 13.8. The fraction of sp³-hybridized carbons (Fsp3) is 0.207. The monoisotopic (exact) mass is 575 g/mol. The molecule has 1 atom stereocenters. The molecule has 0 amide bonds. The van der Waals surface area contributed by atoms with Crippen molar-refractivity contribution >= 4 is 29.1 Å². The summed E-state index contributed by atoms with van der Waals surface area (Å²) >= 11 is 1.15. The van der Waals surface area contributed by atoms with Gasteiger partial charge in [-0.25, -0.2) is 9.79 Å². The van der Waals surface area contributed by atoms with Crippen LogP contribution in [-0.4, -0.2) is 36.3 Å². The lowest BCUT2D eigenvalue weighted by molar-refractivity contribution is -0.384. The first-order valence-corrected chi connectivity index (χ1v) is 13.3. The van der Waals surface area contributed by atoms with E-state index < -0.39 is 16.9 Å². The lowest BCUT2D eigenvalue weighted by atomic mass is 9.95. The van der Waals surface area contributed by atoms with Crippen LogP contribution in [0.4, 0.5) is 5.69 Å². The molecular weight excluding hydrogens is 550 g/mol. The van der Waals surface area contributed by atoms with Crippen LogP contribution in [0, 0.1) is 10.1 Å². The zero-order valence-corrected chi connectivity index (χ0v) is 23.4. The molecule has 0 saturated carbocycles. The van der Waals surface area contributed by atoms with Gasteiger partial charge in [-0.1, -0.05) is 29.5 Å². The maximum Gasteiger partial charge on any atom is 0.338 e. The number of hydrogen-bond donors (Lipinski definition) is 0. The lowest BCUT2D eigenvalue weighted by Gasteiger charge is -2.25. The molecule has 11 nitrogen and oxygen atoms in total. The molecule has 210 valence electrons. The Kier molecular flexibility index (Phi) is 7.58. The van der Waals surface area contributed by atoms with Crippen LogP contribution in [0.2, 0.25) is 0 Å². The molecule has 4 aromatic rings. The molecule has 41 heavy (non-hydrogen) atoms. The Hall–Kier alpha value is -4.97. The van der Waals surface area contributed by atoms with Crippen LogP contribution in [0.5, 0.6) is 11.5 Å². The topological polar surface area (TPSA) is 135 Å². The normalized spacial score (nSPS) is 14.8. The van der Waals surface area contributed by atoms with Gasteiger partial charge in [0, 0.05) is 23.8 Å². The van der Waals surface area contributed by atoms with Crippen molar-refractivity contribution in [1.29, 1.82) is 0 Å². The molecule has 1 unspecified atom stereocenters. The molecule has 0 N–H and O–H groups in total. The fourth-order valence-electron chi connectivity index (χ4n) is 4.68. The van der Waals surface area contributed by atoms with Crippen LogP contribution in [0.3, 0.4) is 0 Å². The molecule has 0 fully saturated rings. The zero-order chi connectivity index (χ0) is 29.3.